The first-order valence-corrected chi connectivity index (χ1v) is 5.21. The van der Waals surface area contributed by atoms with E-state index in [9.17, 15) is 15.0 Å². The highest BCUT2D eigenvalue weighted by Gasteiger charge is 2.25. The molecule has 0 radical (unpaired) electrons. The number of hydrogen-bond donors (Lipinski definition) is 3. The van der Waals surface area contributed by atoms with Gasteiger partial charge in [-0.05, 0) is 23.6 Å². The number of phenolic OH excluding ortho intramolecular Hbond substituents is 2. The van der Waals surface area contributed by atoms with Crippen LogP contribution in [-0.2, 0) is 4.79 Å². The van der Waals surface area contributed by atoms with Crippen LogP contribution in [0.15, 0.2) is 12.1 Å². The van der Waals surface area contributed by atoms with Crippen LogP contribution in [0.4, 0.5) is 0 Å². The molecule has 0 fully saturated rings. The summed E-state index contributed by atoms with van der Waals surface area (Å²) in [6, 6.07) is 2.67. The van der Waals surface area contributed by atoms with E-state index in [-0.39, 0.29) is 23.2 Å². The fourth-order valence-electron chi connectivity index (χ4n) is 1.76. The van der Waals surface area contributed by atoms with Gasteiger partial charge < -0.3 is 20.1 Å². The van der Waals surface area contributed by atoms with Crippen LogP contribution in [0.2, 0.25) is 0 Å². The maximum Gasteiger partial charge on any atom is 0.311 e. The second-order valence-corrected chi connectivity index (χ2v) is 4.15. The normalized spacial score (nSPS) is 12.5. The number of aromatic hydroxyl groups is 2. The SMILES string of the molecule is COc1cc(C(C(=O)O)C(C)C)cc(O)c1O. The van der Waals surface area contributed by atoms with Crippen molar-refractivity contribution in [1.82, 2.24) is 0 Å². The zero-order valence-corrected chi connectivity index (χ0v) is 9.97. The van der Waals surface area contributed by atoms with Gasteiger partial charge in [-0.2, -0.15) is 0 Å². The van der Waals surface area contributed by atoms with Crippen LogP contribution in [0.25, 0.3) is 0 Å². The monoisotopic (exact) mass is 240 g/mol. The number of ether oxygens (including phenoxy) is 1. The van der Waals surface area contributed by atoms with E-state index in [1.54, 1.807) is 13.8 Å². The van der Waals surface area contributed by atoms with Gasteiger partial charge in [-0.3, -0.25) is 4.79 Å². The van der Waals surface area contributed by atoms with Crippen molar-refractivity contribution >= 4 is 5.97 Å². The molecular weight excluding hydrogens is 224 g/mol. The molecule has 0 aliphatic heterocycles. The summed E-state index contributed by atoms with van der Waals surface area (Å²) >= 11 is 0. The van der Waals surface area contributed by atoms with Crippen molar-refractivity contribution in [3.05, 3.63) is 17.7 Å². The Labute approximate surface area is 99.3 Å². The second-order valence-electron chi connectivity index (χ2n) is 4.15. The largest absolute Gasteiger partial charge is 0.504 e. The van der Waals surface area contributed by atoms with Crippen molar-refractivity contribution < 1.29 is 24.9 Å². The smallest absolute Gasteiger partial charge is 0.311 e. The maximum absolute atomic E-state index is 11.2. The third-order valence-electron chi connectivity index (χ3n) is 2.59. The van der Waals surface area contributed by atoms with Gasteiger partial charge in [0.15, 0.2) is 11.5 Å². The van der Waals surface area contributed by atoms with Crippen molar-refractivity contribution in [3.8, 4) is 17.2 Å². The number of methoxy groups -OCH3 is 1. The molecule has 0 aliphatic carbocycles. The Bertz CT molecular complexity index is 425. The zero-order valence-electron chi connectivity index (χ0n) is 9.97. The molecule has 0 aliphatic rings. The lowest BCUT2D eigenvalue weighted by atomic mass is 9.88. The predicted molar refractivity (Wildman–Crippen MR) is 61.5 cm³/mol. The average Bonchev–Trinajstić information content (AvgIpc) is 2.21. The zero-order chi connectivity index (χ0) is 13.2. The van der Waals surface area contributed by atoms with Crippen LogP contribution >= 0.6 is 0 Å². The predicted octanol–water partition coefficient (Wildman–Crippen LogP) is 1.93. The van der Waals surface area contributed by atoms with Crippen LogP contribution in [0.3, 0.4) is 0 Å². The fourth-order valence-corrected chi connectivity index (χ4v) is 1.76. The Hall–Kier alpha value is -1.91. The van der Waals surface area contributed by atoms with Gasteiger partial charge in [0, 0.05) is 0 Å². The minimum absolute atomic E-state index is 0.0619. The molecule has 0 saturated heterocycles. The molecule has 0 bridgehead atoms. The van der Waals surface area contributed by atoms with Crippen LogP contribution in [0.5, 0.6) is 17.2 Å². The molecule has 1 unspecified atom stereocenters. The molecule has 0 spiro atoms. The second kappa shape index (κ2) is 4.95. The van der Waals surface area contributed by atoms with Crippen molar-refractivity contribution in [1.29, 1.82) is 0 Å². The molecule has 1 rings (SSSR count). The molecule has 5 heteroatoms. The molecule has 0 saturated carbocycles. The summed E-state index contributed by atoms with van der Waals surface area (Å²) in [6.45, 7) is 3.55. The Morgan fingerprint density at radius 1 is 1.29 bits per heavy atom. The van der Waals surface area contributed by atoms with Crippen LogP contribution < -0.4 is 4.74 Å². The molecule has 3 N–H and O–H groups in total. The van der Waals surface area contributed by atoms with Gasteiger partial charge in [0.2, 0.25) is 5.75 Å². The molecular formula is C12H16O5. The van der Waals surface area contributed by atoms with Crippen LogP contribution in [0.1, 0.15) is 25.3 Å². The summed E-state index contributed by atoms with van der Waals surface area (Å²) in [6.07, 6.45) is 0. The van der Waals surface area contributed by atoms with Crippen LogP contribution in [0, 0.1) is 5.92 Å². The quantitative estimate of drug-likeness (QED) is 0.700. The van der Waals surface area contributed by atoms with Gasteiger partial charge >= 0.3 is 5.97 Å². The van der Waals surface area contributed by atoms with Gasteiger partial charge in [0.05, 0.1) is 13.0 Å². The van der Waals surface area contributed by atoms with Gasteiger partial charge in [0.1, 0.15) is 0 Å². The van der Waals surface area contributed by atoms with Gasteiger partial charge in [-0.1, -0.05) is 13.8 Å². The highest BCUT2D eigenvalue weighted by atomic mass is 16.5. The van der Waals surface area contributed by atoms with Gasteiger partial charge in [0.25, 0.3) is 0 Å². The Morgan fingerprint density at radius 3 is 2.29 bits per heavy atom. The number of rotatable bonds is 4. The van der Waals surface area contributed by atoms with Crippen molar-refractivity contribution in [2.45, 2.75) is 19.8 Å². The number of carboxylic acid groups (broad SMARTS) is 1. The van der Waals surface area contributed by atoms with E-state index in [4.69, 9.17) is 9.84 Å². The van der Waals surface area contributed by atoms with Gasteiger partial charge in [-0.25, -0.2) is 0 Å². The van der Waals surface area contributed by atoms with Crippen molar-refractivity contribution in [2.24, 2.45) is 5.92 Å². The van der Waals surface area contributed by atoms with E-state index in [2.05, 4.69) is 0 Å². The minimum Gasteiger partial charge on any atom is -0.504 e. The van der Waals surface area contributed by atoms with E-state index < -0.39 is 11.9 Å². The summed E-state index contributed by atoms with van der Waals surface area (Å²) in [4.78, 5) is 11.2. The lowest BCUT2D eigenvalue weighted by Gasteiger charge is -2.18. The molecule has 1 aromatic carbocycles. The Balaban J connectivity index is 3.30. The number of carbonyl (C=O) groups is 1. The first kappa shape index (κ1) is 13.2. The highest BCUT2D eigenvalue weighted by molar-refractivity contribution is 5.77. The third kappa shape index (κ3) is 2.61. The lowest BCUT2D eigenvalue weighted by molar-refractivity contribution is -0.139. The van der Waals surface area contributed by atoms with E-state index in [0.717, 1.165) is 0 Å². The number of aliphatic carboxylic acids is 1. The summed E-state index contributed by atoms with van der Waals surface area (Å²) in [5, 5.41) is 28.1. The van der Waals surface area contributed by atoms with E-state index >= 15 is 0 Å². The summed E-state index contributed by atoms with van der Waals surface area (Å²) in [7, 11) is 1.34. The molecule has 5 nitrogen and oxygen atoms in total. The summed E-state index contributed by atoms with van der Waals surface area (Å²) in [5.74, 6) is -2.58. The molecule has 17 heavy (non-hydrogen) atoms. The fraction of sp³-hybridized carbons (Fsp3) is 0.417. The Morgan fingerprint density at radius 2 is 1.88 bits per heavy atom. The maximum atomic E-state index is 11.2. The van der Waals surface area contributed by atoms with Crippen LogP contribution in [-0.4, -0.2) is 28.4 Å². The molecule has 94 valence electrons. The first-order chi connectivity index (χ1) is 7.88. The standard InChI is InChI=1S/C12H16O5/c1-6(2)10(12(15)16)7-4-8(13)11(14)9(5-7)17-3/h4-6,10,13-14H,1-3H3,(H,15,16). The first-order valence-electron chi connectivity index (χ1n) is 5.21. The molecule has 0 heterocycles. The molecule has 1 aromatic rings. The number of phenols is 2. The van der Waals surface area contributed by atoms with E-state index in [1.807, 2.05) is 0 Å². The molecule has 1 atom stereocenters. The number of hydrogen-bond acceptors (Lipinski definition) is 4. The minimum atomic E-state index is -0.979. The van der Waals surface area contributed by atoms with Crippen molar-refractivity contribution in [3.63, 3.8) is 0 Å². The van der Waals surface area contributed by atoms with E-state index in [1.165, 1.54) is 19.2 Å². The molecule has 0 amide bonds. The topological polar surface area (TPSA) is 87.0 Å². The number of carboxylic acids is 1. The Kier molecular flexibility index (Phi) is 3.83. The number of benzene rings is 1. The van der Waals surface area contributed by atoms with E-state index in [0.29, 0.717) is 5.56 Å². The third-order valence-corrected chi connectivity index (χ3v) is 2.59. The van der Waals surface area contributed by atoms with Gasteiger partial charge in [-0.15, -0.1) is 0 Å². The average molecular weight is 240 g/mol. The van der Waals surface area contributed by atoms with Crippen molar-refractivity contribution in [2.75, 3.05) is 7.11 Å². The summed E-state index contributed by atoms with van der Waals surface area (Å²) in [5.41, 5.74) is 0.402. The summed E-state index contributed by atoms with van der Waals surface area (Å²) < 4.78 is 4.87. The lowest BCUT2D eigenvalue weighted by Crippen LogP contribution is -2.17. The highest BCUT2D eigenvalue weighted by Crippen LogP contribution is 2.39. The molecule has 0 aromatic heterocycles.